The molecule has 0 aliphatic heterocycles. The molecule has 0 aromatic heterocycles. The van der Waals surface area contributed by atoms with Gasteiger partial charge in [-0.15, -0.1) is 0 Å². The molecule has 2 rings (SSSR count). The third-order valence-electron chi connectivity index (χ3n) is 3.25. The van der Waals surface area contributed by atoms with E-state index < -0.39 is 0 Å². The van der Waals surface area contributed by atoms with E-state index in [1.54, 1.807) is 13.1 Å². The van der Waals surface area contributed by atoms with Gasteiger partial charge in [0.05, 0.1) is 0 Å². The molecular weight excluding hydrogens is 250 g/mol. The van der Waals surface area contributed by atoms with Crippen molar-refractivity contribution in [2.75, 3.05) is 20.2 Å². The Morgan fingerprint density at radius 2 is 2.20 bits per heavy atom. The van der Waals surface area contributed by atoms with Crippen molar-refractivity contribution in [1.29, 1.82) is 0 Å². The van der Waals surface area contributed by atoms with E-state index in [4.69, 9.17) is 4.74 Å². The standard InChI is InChI=1S/C16H23N3O/c1-3-10-20-15-7-5-4-6-14(15)12-19-16(17-2)18-11-13-8-9-13/h3-7,13H,1,8-12H2,2H3,(H2,17,18,19). The maximum atomic E-state index is 5.64. The van der Waals surface area contributed by atoms with Crippen molar-refractivity contribution in [2.45, 2.75) is 19.4 Å². The minimum Gasteiger partial charge on any atom is -0.489 e. The summed E-state index contributed by atoms with van der Waals surface area (Å²) in [4.78, 5) is 4.23. The average Bonchev–Trinajstić information content (AvgIpc) is 3.30. The second-order valence-corrected chi connectivity index (χ2v) is 4.96. The number of hydrogen-bond donors (Lipinski definition) is 2. The van der Waals surface area contributed by atoms with Crippen molar-refractivity contribution in [3.05, 3.63) is 42.5 Å². The molecule has 0 atom stereocenters. The second kappa shape index (κ2) is 7.58. The largest absolute Gasteiger partial charge is 0.489 e. The Hall–Kier alpha value is -1.97. The third-order valence-corrected chi connectivity index (χ3v) is 3.25. The quantitative estimate of drug-likeness (QED) is 0.455. The van der Waals surface area contributed by atoms with Crippen LogP contribution in [0.25, 0.3) is 0 Å². The molecule has 0 amide bonds. The van der Waals surface area contributed by atoms with Crippen LogP contribution in [0.15, 0.2) is 41.9 Å². The summed E-state index contributed by atoms with van der Waals surface area (Å²) >= 11 is 0. The van der Waals surface area contributed by atoms with Gasteiger partial charge in [0.2, 0.25) is 0 Å². The van der Waals surface area contributed by atoms with Gasteiger partial charge in [0.15, 0.2) is 5.96 Å². The van der Waals surface area contributed by atoms with E-state index in [0.29, 0.717) is 13.2 Å². The molecule has 0 bridgehead atoms. The number of guanidine groups is 1. The minimum absolute atomic E-state index is 0.520. The summed E-state index contributed by atoms with van der Waals surface area (Å²) in [6.45, 7) is 5.89. The van der Waals surface area contributed by atoms with Gasteiger partial charge in [-0.3, -0.25) is 4.99 Å². The Bertz CT molecular complexity index is 467. The highest BCUT2D eigenvalue weighted by Gasteiger charge is 2.21. The van der Waals surface area contributed by atoms with Crippen molar-refractivity contribution >= 4 is 5.96 Å². The van der Waals surface area contributed by atoms with Crippen LogP contribution in [0, 0.1) is 5.92 Å². The molecule has 0 spiro atoms. The van der Waals surface area contributed by atoms with Crippen LogP contribution >= 0.6 is 0 Å². The molecule has 4 nitrogen and oxygen atoms in total. The number of benzene rings is 1. The molecule has 1 aliphatic rings. The van der Waals surface area contributed by atoms with Crippen LogP contribution in [0.4, 0.5) is 0 Å². The molecule has 1 saturated carbocycles. The zero-order valence-electron chi connectivity index (χ0n) is 12.1. The third kappa shape index (κ3) is 4.61. The fourth-order valence-electron chi connectivity index (χ4n) is 1.90. The lowest BCUT2D eigenvalue weighted by Gasteiger charge is -2.14. The van der Waals surface area contributed by atoms with Gasteiger partial charge < -0.3 is 15.4 Å². The van der Waals surface area contributed by atoms with Gasteiger partial charge in [0, 0.05) is 25.7 Å². The lowest BCUT2D eigenvalue weighted by Crippen LogP contribution is -2.37. The number of para-hydroxylation sites is 1. The maximum absolute atomic E-state index is 5.64. The molecular formula is C16H23N3O. The van der Waals surface area contributed by atoms with Gasteiger partial charge >= 0.3 is 0 Å². The number of aliphatic imine (C=N–C) groups is 1. The van der Waals surface area contributed by atoms with Gasteiger partial charge in [-0.05, 0) is 24.8 Å². The van der Waals surface area contributed by atoms with Crippen LogP contribution in [0.2, 0.25) is 0 Å². The molecule has 1 aromatic carbocycles. The van der Waals surface area contributed by atoms with Crippen LogP contribution in [-0.2, 0) is 6.54 Å². The van der Waals surface area contributed by atoms with Gasteiger partial charge in [0.25, 0.3) is 0 Å². The Labute approximate surface area is 120 Å². The van der Waals surface area contributed by atoms with E-state index in [1.807, 2.05) is 18.2 Å². The van der Waals surface area contributed by atoms with E-state index in [2.05, 4.69) is 28.3 Å². The predicted molar refractivity (Wildman–Crippen MR) is 83.1 cm³/mol. The zero-order valence-corrected chi connectivity index (χ0v) is 12.1. The SMILES string of the molecule is C=CCOc1ccccc1CNC(=NC)NCC1CC1. The first-order valence-corrected chi connectivity index (χ1v) is 7.09. The van der Waals surface area contributed by atoms with Crippen LogP contribution in [-0.4, -0.2) is 26.2 Å². The highest BCUT2D eigenvalue weighted by atomic mass is 16.5. The van der Waals surface area contributed by atoms with Crippen LogP contribution in [0.3, 0.4) is 0 Å². The summed E-state index contributed by atoms with van der Waals surface area (Å²) in [7, 11) is 1.79. The van der Waals surface area contributed by atoms with E-state index in [1.165, 1.54) is 12.8 Å². The number of ether oxygens (including phenoxy) is 1. The van der Waals surface area contributed by atoms with Crippen molar-refractivity contribution in [3.63, 3.8) is 0 Å². The van der Waals surface area contributed by atoms with E-state index in [9.17, 15) is 0 Å². The first kappa shape index (κ1) is 14.4. The summed E-state index contributed by atoms with van der Waals surface area (Å²) in [5.41, 5.74) is 1.11. The van der Waals surface area contributed by atoms with Crippen molar-refractivity contribution in [3.8, 4) is 5.75 Å². The molecule has 0 unspecified atom stereocenters. The average molecular weight is 273 g/mol. The molecule has 1 aromatic rings. The molecule has 1 fully saturated rings. The molecule has 4 heteroatoms. The van der Waals surface area contributed by atoms with Gasteiger partial charge in [-0.1, -0.05) is 30.9 Å². The number of rotatable bonds is 7. The lowest BCUT2D eigenvalue weighted by molar-refractivity contribution is 0.358. The topological polar surface area (TPSA) is 45.6 Å². The molecule has 0 radical (unpaired) electrons. The van der Waals surface area contributed by atoms with E-state index in [0.717, 1.165) is 29.7 Å². The summed E-state index contributed by atoms with van der Waals surface area (Å²) < 4.78 is 5.64. The normalized spacial score (nSPS) is 14.8. The van der Waals surface area contributed by atoms with Gasteiger partial charge in [0.1, 0.15) is 12.4 Å². The maximum Gasteiger partial charge on any atom is 0.191 e. The van der Waals surface area contributed by atoms with Crippen LogP contribution in [0.1, 0.15) is 18.4 Å². The first-order valence-electron chi connectivity index (χ1n) is 7.09. The molecule has 2 N–H and O–H groups in total. The minimum atomic E-state index is 0.520. The summed E-state index contributed by atoms with van der Waals surface area (Å²) in [6, 6.07) is 8.01. The summed E-state index contributed by atoms with van der Waals surface area (Å²) in [6.07, 6.45) is 4.42. The van der Waals surface area contributed by atoms with Gasteiger partial charge in [-0.25, -0.2) is 0 Å². The van der Waals surface area contributed by atoms with Crippen molar-refractivity contribution < 1.29 is 4.74 Å². The molecule has 20 heavy (non-hydrogen) atoms. The van der Waals surface area contributed by atoms with Gasteiger partial charge in [-0.2, -0.15) is 0 Å². The van der Waals surface area contributed by atoms with Crippen LogP contribution < -0.4 is 15.4 Å². The molecule has 0 heterocycles. The van der Waals surface area contributed by atoms with Crippen LogP contribution in [0.5, 0.6) is 5.75 Å². The second-order valence-electron chi connectivity index (χ2n) is 4.96. The van der Waals surface area contributed by atoms with E-state index >= 15 is 0 Å². The van der Waals surface area contributed by atoms with Crippen molar-refractivity contribution in [1.82, 2.24) is 10.6 Å². The predicted octanol–water partition coefficient (Wildman–Crippen LogP) is 2.33. The number of nitrogens with zero attached hydrogens (tertiary/aromatic N) is 1. The Kier molecular flexibility index (Phi) is 5.47. The number of nitrogens with one attached hydrogen (secondary N) is 2. The lowest BCUT2D eigenvalue weighted by atomic mass is 10.2. The fraction of sp³-hybridized carbons (Fsp3) is 0.438. The fourth-order valence-corrected chi connectivity index (χ4v) is 1.90. The summed E-state index contributed by atoms with van der Waals surface area (Å²) in [5.74, 6) is 2.56. The van der Waals surface area contributed by atoms with Crippen molar-refractivity contribution in [2.24, 2.45) is 10.9 Å². The zero-order chi connectivity index (χ0) is 14.2. The van der Waals surface area contributed by atoms with E-state index in [-0.39, 0.29) is 0 Å². The molecule has 1 aliphatic carbocycles. The smallest absolute Gasteiger partial charge is 0.191 e. The molecule has 108 valence electrons. The Balaban J connectivity index is 1.86. The molecule has 0 saturated heterocycles. The Morgan fingerprint density at radius 1 is 1.40 bits per heavy atom. The summed E-state index contributed by atoms with van der Waals surface area (Å²) in [5, 5.41) is 6.66. The monoisotopic (exact) mass is 273 g/mol. The first-order chi connectivity index (χ1) is 9.83. The Morgan fingerprint density at radius 3 is 2.90 bits per heavy atom. The number of hydrogen-bond acceptors (Lipinski definition) is 2. The highest BCUT2D eigenvalue weighted by Crippen LogP contribution is 2.27. The highest BCUT2D eigenvalue weighted by molar-refractivity contribution is 5.79.